The van der Waals surface area contributed by atoms with E-state index >= 15 is 0 Å². The highest BCUT2D eigenvalue weighted by Gasteiger charge is 2.19. The highest BCUT2D eigenvalue weighted by atomic mass is 32.2. The van der Waals surface area contributed by atoms with Crippen molar-refractivity contribution in [3.63, 3.8) is 0 Å². The van der Waals surface area contributed by atoms with Gasteiger partial charge in [-0.3, -0.25) is 9.59 Å². The molecular weight excluding hydrogens is 298 g/mol. The van der Waals surface area contributed by atoms with Crippen molar-refractivity contribution < 1.29 is 14.7 Å². The van der Waals surface area contributed by atoms with Crippen LogP contribution in [0.2, 0.25) is 0 Å². The fourth-order valence-corrected chi connectivity index (χ4v) is 3.07. The van der Waals surface area contributed by atoms with Crippen LogP contribution in [0.1, 0.15) is 51.1 Å². The molecule has 122 valence electrons. The Kier molecular flexibility index (Phi) is 8.67. The summed E-state index contributed by atoms with van der Waals surface area (Å²) < 4.78 is 0. The first-order valence-corrected chi connectivity index (χ1v) is 8.78. The lowest BCUT2D eigenvalue weighted by atomic mass is 10.0. The number of thioether (sulfide) groups is 1. The van der Waals surface area contributed by atoms with Gasteiger partial charge in [-0.05, 0) is 31.1 Å². The van der Waals surface area contributed by atoms with E-state index in [1.165, 1.54) is 0 Å². The smallest absolute Gasteiger partial charge is 0.303 e. The molecule has 0 saturated carbocycles. The summed E-state index contributed by atoms with van der Waals surface area (Å²) in [5.74, 6) is 0.0943. The molecule has 0 spiro atoms. The van der Waals surface area contributed by atoms with Gasteiger partial charge in [0.1, 0.15) is 0 Å². The molecule has 4 nitrogen and oxygen atoms in total. The molecule has 22 heavy (non-hydrogen) atoms. The number of hydrogen-bond donors (Lipinski definition) is 2. The van der Waals surface area contributed by atoms with E-state index in [0.29, 0.717) is 6.42 Å². The summed E-state index contributed by atoms with van der Waals surface area (Å²) in [4.78, 5) is 23.1. The Bertz CT molecular complexity index is 464. The molecule has 0 aliphatic rings. The topological polar surface area (TPSA) is 66.4 Å². The number of unbranched alkanes of at least 4 members (excludes halogenated alkanes) is 1. The minimum atomic E-state index is -0.847. The van der Waals surface area contributed by atoms with E-state index < -0.39 is 5.97 Å². The van der Waals surface area contributed by atoms with Crippen molar-refractivity contribution in [2.45, 2.75) is 50.8 Å². The van der Waals surface area contributed by atoms with E-state index in [1.54, 1.807) is 11.8 Å². The molecular formula is C17H25NO3S. The summed E-state index contributed by atoms with van der Waals surface area (Å²) in [6.07, 6.45) is 2.66. The number of carboxylic acids is 1. The average Bonchev–Trinajstić information content (AvgIpc) is 2.52. The van der Waals surface area contributed by atoms with Crippen molar-refractivity contribution in [1.29, 1.82) is 0 Å². The summed E-state index contributed by atoms with van der Waals surface area (Å²) in [6, 6.07) is 9.29. The minimum absolute atomic E-state index is 0.0275. The lowest BCUT2D eigenvalue weighted by Crippen LogP contribution is -2.34. The number of rotatable bonds is 10. The maximum absolute atomic E-state index is 12.3. The fourth-order valence-electron chi connectivity index (χ4n) is 2.04. The molecule has 0 aliphatic carbocycles. The Labute approximate surface area is 136 Å². The molecule has 1 aromatic rings. The third-order valence-electron chi connectivity index (χ3n) is 3.40. The zero-order valence-corrected chi connectivity index (χ0v) is 14.1. The summed E-state index contributed by atoms with van der Waals surface area (Å²) in [5.41, 5.74) is 0.947. The van der Waals surface area contributed by atoms with Crippen molar-refractivity contribution in [3.8, 4) is 0 Å². The van der Waals surface area contributed by atoms with Gasteiger partial charge in [0, 0.05) is 6.42 Å². The Morgan fingerprint density at radius 3 is 2.55 bits per heavy atom. The minimum Gasteiger partial charge on any atom is -0.481 e. The average molecular weight is 323 g/mol. The van der Waals surface area contributed by atoms with E-state index in [1.807, 2.05) is 37.3 Å². The largest absolute Gasteiger partial charge is 0.481 e. The Morgan fingerprint density at radius 1 is 1.27 bits per heavy atom. The van der Waals surface area contributed by atoms with E-state index in [9.17, 15) is 9.59 Å². The summed E-state index contributed by atoms with van der Waals surface area (Å²) in [5, 5.41) is 11.7. The standard InChI is InChI=1S/C17H25NO3S/c1-3-4-12-22-13(2)17(21)18-15(10-11-16(19)20)14-8-6-5-7-9-14/h5-9,13,15H,3-4,10-12H2,1-2H3,(H,18,21)(H,19,20). The van der Waals surface area contributed by atoms with Gasteiger partial charge < -0.3 is 10.4 Å². The second kappa shape index (κ2) is 10.3. The van der Waals surface area contributed by atoms with Crippen LogP contribution in [0.25, 0.3) is 0 Å². The summed E-state index contributed by atoms with van der Waals surface area (Å²) >= 11 is 1.64. The van der Waals surface area contributed by atoms with Gasteiger partial charge in [-0.15, -0.1) is 11.8 Å². The quantitative estimate of drug-likeness (QED) is 0.645. The molecule has 5 heteroatoms. The number of carbonyl (C=O) groups excluding carboxylic acids is 1. The molecule has 0 fully saturated rings. The number of benzene rings is 1. The highest BCUT2D eigenvalue weighted by molar-refractivity contribution is 8.00. The number of hydrogen-bond acceptors (Lipinski definition) is 3. The van der Waals surface area contributed by atoms with Crippen LogP contribution in [0, 0.1) is 0 Å². The third kappa shape index (κ3) is 6.98. The van der Waals surface area contributed by atoms with E-state index in [-0.39, 0.29) is 23.6 Å². The van der Waals surface area contributed by atoms with Gasteiger partial charge in [0.15, 0.2) is 0 Å². The van der Waals surface area contributed by atoms with Gasteiger partial charge in [0.2, 0.25) is 5.91 Å². The van der Waals surface area contributed by atoms with Crippen LogP contribution in [0.3, 0.4) is 0 Å². The first kappa shape index (κ1) is 18.6. The zero-order valence-electron chi connectivity index (χ0n) is 13.2. The molecule has 1 aromatic carbocycles. The third-order valence-corrected chi connectivity index (χ3v) is 4.64. The van der Waals surface area contributed by atoms with Crippen LogP contribution in [0.5, 0.6) is 0 Å². The molecule has 2 unspecified atom stereocenters. The molecule has 0 aromatic heterocycles. The molecule has 0 bridgehead atoms. The molecule has 0 radical (unpaired) electrons. The van der Waals surface area contributed by atoms with Crippen LogP contribution >= 0.6 is 11.8 Å². The lowest BCUT2D eigenvalue weighted by Gasteiger charge is -2.21. The SMILES string of the molecule is CCCCSC(C)C(=O)NC(CCC(=O)O)c1ccccc1. The normalized spacial score (nSPS) is 13.4. The molecule has 2 atom stereocenters. The Balaban J connectivity index is 2.63. The first-order valence-electron chi connectivity index (χ1n) is 7.73. The second-order valence-corrected chi connectivity index (χ2v) is 6.72. The number of carbonyl (C=O) groups is 2. The fraction of sp³-hybridized carbons (Fsp3) is 0.529. The predicted octanol–water partition coefficient (Wildman–Crippen LogP) is 3.63. The number of aliphatic carboxylic acids is 1. The Hall–Kier alpha value is -1.49. The van der Waals surface area contributed by atoms with Crippen molar-refractivity contribution in [1.82, 2.24) is 5.32 Å². The first-order chi connectivity index (χ1) is 10.5. The summed E-state index contributed by atoms with van der Waals surface area (Å²) in [6.45, 7) is 4.03. The Morgan fingerprint density at radius 2 is 1.95 bits per heavy atom. The molecule has 2 N–H and O–H groups in total. The zero-order chi connectivity index (χ0) is 16.4. The van der Waals surface area contributed by atoms with Crippen molar-refractivity contribution in [2.24, 2.45) is 0 Å². The van der Waals surface area contributed by atoms with E-state index in [2.05, 4.69) is 12.2 Å². The number of carboxylic acid groups (broad SMARTS) is 1. The number of amides is 1. The molecule has 0 aliphatic heterocycles. The van der Waals surface area contributed by atoms with Crippen LogP contribution < -0.4 is 5.32 Å². The number of nitrogens with one attached hydrogen (secondary N) is 1. The van der Waals surface area contributed by atoms with Crippen LogP contribution in [-0.4, -0.2) is 28.0 Å². The monoisotopic (exact) mass is 323 g/mol. The van der Waals surface area contributed by atoms with Gasteiger partial charge in [-0.1, -0.05) is 43.7 Å². The van der Waals surface area contributed by atoms with Crippen molar-refractivity contribution in [2.75, 3.05) is 5.75 Å². The van der Waals surface area contributed by atoms with Gasteiger partial charge in [0.25, 0.3) is 0 Å². The van der Waals surface area contributed by atoms with E-state index in [0.717, 1.165) is 24.2 Å². The lowest BCUT2D eigenvalue weighted by molar-refractivity contribution is -0.137. The molecule has 1 amide bonds. The molecule has 0 heterocycles. The van der Waals surface area contributed by atoms with Crippen LogP contribution in [0.15, 0.2) is 30.3 Å². The summed E-state index contributed by atoms with van der Waals surface area (Å²) in [7, 11) is 0. The van der Waals surface area contributed by atoms with Gasteiger partial charge in [-0.2, -0.15) is 0 Å². The second-order valence-electron chi connectivity index (χ2n) is 5.27. The van der Waals surface area contributed by atoms with Crippen LogP contribution in [-0.2, 0) is 9.59 Å². The molecule has 1 rings (SSSR count). The van der Waals surface area contributed by atoms with Gasteiger partial charge in [-0.25, -0.2) is 0 Å². The molecule has 0 saturated heterocycles. The predicted molar refractivity (Wildman–Crippen MR) is 91.0 cm³/mol. The van der Waals surface area contributed by atoms with Crippen molar-refractivity contribution in [3.05, 3.63) is 35.9 Å². The van der Waals surface area contributed by atoms with Gasteiger partial charge in [0.05, 0.1) is 11.3 Å². The van der Waals surface area contributed by atoms with Gasteiger partial charge >= 0.3 is 5.97 Å². The van der Waals surface area contributed by atoms with Crippen molar-refractivity contribution >= 4 is 23.6 Å². The maximum atomic E-state index is 12.3. The van der Waals surface area contributed by atoms with E-state index in [4.69, 9.17) is 5.11 Å². The highest BCUT2D eigenvalue weighted by Crippen LogP contribution is 2.20. The van der Waals surface area contributed by atoms with Crippen LogP contribution in [0.4, 0.5) is 0 Å². The maximum Gasteiger partial charge on any atom is 0.303 e.